The van der Waals surface area contributed by atoms with Gasteiger partial charge in [-0.15, -0.1) is 12.4 Å². The molecule has 0 saturated carbocycles. The smallest absolute Gasteiger partial charge is 0.0574 e. The summed E-state index contributed by atoms with van der Waals surface area (Å²) in [6, 6.07) is 15.8. The molecule has 1 N–H and O–H groups in total. The zero-order valence-corrected chi connectivity index (χ0v) is 16.1. The normalized spacial score (nSPS) is 15.8. The fourth-order valence-corrected chi connectivity index (χ4v) is 4.25. The van der Waals surface area contributed by atoms with Crippen molar-refractivity contribution < 1.29 is 0 Å². The van der Waals surface area contributed by atoms with Gasteiger partial charge in [-0.3, -0.25) is 4.99 Å². The van der Waals surface area contributed by atoms with E-state index in [0.29, 0.717) is 0 Å². The van der Waals surface area contributed by atoms with Gasteiger partial charge < -0.3 is 5.32 Å². The molecule has 0 saturated heterocycles. The highest BCUT2D eigenvalue weighted by Crippen LogP contribution is 2.35. The number of rotatable bonds is 2. The SMILES string of the molecule is C1=CCN=CC(Nc2cccc3c2ccc2c4c(ccc23)CCCC4)=C1.Cl. The Morgan fingerprint density at radius 1 is 0.815 bits per heavy atom. The number of hydrogen-bond donors (Lipinski definition) is 1. The molecule has 3 heteroatoms. The molecule has 0 amide bonds. The molecule has 27 heavy (non-hydrogen) atoms. The number of aliphatic imine (C=N–C) groups is 1. The molecule has 5 rings (SSSR count). The van der Waals surface area contributed by atoms with Gasteiger partial charge in [-0.05, 0) is 65.1 Å². The van der Waals surface area contributed by atoms with Crippen LogP contribution >= 0.6 is 12.4 Å². The van der Waals surface area contributed by atoms with Gasteiger partial charge in [0.15, 0.2) is 0 Å². The van der Waals surface area contributed by atoms with Crippen LogP contribution in [0.1, 0.15) is 24.0 Å². The van der Waals surface area contributed by atoms with E-state index in [1.165, 1.54) is 47.2 Å². The number of fused-ring (bicyclic) bond motifs is 5. The van der Waals surface area contributed by atoms with E-state index in [1.54, 1.807) is 11.1 Å². The Labute approximate surface area is 166 Å². The second kappa shape index (κ2) is 7.58. The Bertz CT molecular complexity index is 1090. The van der Waals surface area contributed by atoms with Crippen LogP contribution in [0.25, 0.3) is 21.5 Å². The third-order valence-corrected chi connectivity index (χ3v) is 5.52. The molecule has 1 aliphatic heterocycles. The second-order valence-corrected chi connectivity index (χ2v) is 7.14. The van der Waals surface area contributed by atoms with Gasteiger partial charge in [-0.25, -0.2) is 0 Å². The highest BCUT2D eigenvalue weighted by molar-refractivity contribution is 6.13. The number of nitrogens with zero attached hydrogens (tertiary/aromatic N) is 1. The monoisotopic (exact) mass is 374 g/mol. The summed E-state index contributed by atoms with van der Waals surface area (Å²) in [7, 11) is 0. The van der Waals surface area contributed by atoms with Crippen molar-refractivity contribution in [2.45, 2.75) is 25.7 Å². The molecule has 3 aromatic rings. The number of nitrogens with one attached hydrogen (secondary N) is 1. The molecule has 2 aliphatic rings. The third-order valence-electron chi connectivity index (χ3n) is 5.52. The molecule has 0 aromatic heterocycles. The summed E-state index contributed by atoms with van der Waals surface area (Å²) < 4.78 is 0. The summed E-state index contributed by atoms with van der Waals surface area (Å²) in [5.41, 5.74) is 5.27. The van der Waals surface area contributed by atoms with Gasteiger partial charge in [0.1, 0.15) is 0 Å². The summed E-state index contributed by atoms with van der Waals surface area (Å²) in [6.07, 6.45) is 13.2. The minimum atomic E-state index is 0. The number of aryl methyl sites for hydroxylation is 2. The Balaban J connectivity index is 0.00000180. The third kappa shape index (κ3) is 3.26. The van der Waals surface area contributed by atoms with Crippen molar-refractivity contribution in [3.63, 3.8) is 0 Å². The molecule has 0 bridgehead atoms. The Kier molecular flexibility index (Phi) is 5.00. The van der Waals surface area contributed by atoms with Crippen LogP contribution < -0.4 is 5.32 Å². The predicted octanol–water partition coefficient (Wildman–Crippen LogP) is 6.23. The molecule has 0 atom stereocenters. The molecule has 3 aromatic carbocycles. The summed E-state index contributed by atoms with van der Waals surface area (Å²) in [6.45, 7) is 0.743. The van der Waals surface area contributed by atoms with Crippen LogP contribution in [-0.4, -0.2) is 12.8 Å². The Morgan fingerprint density at radius 3 is 2.59 bits per heavy atom. The molecule has 1 aliphatic carbocycles. The highest BCUT2D eigenvalue weighted by atomic mass is 35.5. The summed E-state index contributed by atoms with van der Waals surface area (Å²) in [4.78, 5) is 4.38. The minimum absolute atomic E-state index is 0. The minimum Gasteiger partial charge on any atom is -0.354 e. The van der Waals surface area contributed by atoms with Crippen LogP contribution in [0.15, 0.2) is 71.4 Å². The Morgan fingerprint density at radius 2 is 1.63 bits per heavy atom. The van der Waals surface area contributed by atoms with Gasteiger partial charge in [0.2, 0.25) is 0 Å². The van der Waals surface area contributed by atoms with Crippen LogP contribution in [0, 0.1) is 0 Å². The molecule has 2 nitrogen and oxygen atoms in total. The van der Waals surface area contributed by atoms with Crippen LogP contribution in [-0.2, 0) is 12.8 Å². The molecule has 0 spiro atoms. The van der Waals surface area contributed by atoms with Crippen molar-refractivity contribution in [1.29, 1.82) is 0 Å². The van der Waals surface area contributed by atoms with Crippen molar-refractivity contribution >= 4 is 45.9 Å². The van der Waals surface area contributed by atoms with Gasteiger partial charge in [0, 0.05) is 17.3 Å². The first-order valence-electron chi connectivity index (χ1n) is 9.50. The topological polar surface area (TPSA) is 24.4 Å². The van der Waals surface area contributed by atoms with Crippen molar-refractivity contribution in [2.75, 3.05) is 11.9 Å². The average molecular weight is 375 g/mol. The standard InChI is InChI=1S/C24H22N2.ClH/c1-2-8-19-17(6-1)11-12-22-20-9-5-10-24(23(20)14-13-21(19)22)26-18-7-3-4-15-25-16-18;/h3-5,7,9-14,16,26H,1-2,6,8,15H2;1H. The predicted molar refractivity (Wildman–Crippen MR) is 120 cm³/mol. The lowest BCUT2D eigenvalue weighted by Crippen LogP contribution is -2.03. The van der Waals surface area contributed by atoms with E-state index in [2.05, 4.69) is 71.0 Å². The summed E-state index contributed by atoms with van der Waals surface area (Å²) in [5, 5.41) is 8.94. The number of allylic oxidation sites excluding steroid dienone is 3. The largest absolute Gasteiger partial charge is 0.354 e. The van der Waals surface area contributed by atoms with E-state index in [4.69, 9.17) is 0 Å². The van der Waals surface area contributed by atoms with Crippen molar-refractivity contribution in [2.24, 2.45) is 4.99 Å². The van der Waals surface area contributed by atoms with Crippen LogP contribution in [0.2, 0.25) is 0 Å². The van der Waals surface area contributed by atoms with Crippen LogP contribution in [0.4, 0.5) is 5.69 Å². The van der Waals surface area contributed by atoms with Crippen LogP contribution in [0.3, 0.4) is 0 Å². The van der Waals surface area contributed by atoms with E-state index < -0.39 is 0 Å². The number of hydrogen-bond acceptors (Lipinski definition) is 2. The zero-order valence-electron chi connectivity index (χ0n) is 15.2. The second-order valence-electron chi connectivity index (χ2n) is 7.14. The number of anilines is 1. The van der Waals surface area contributed by atoms with Crippen molar-refractivity contribution in [3.8, 4) is 0 Å². The highest BCUT2D eigenvalue weighted by Gasteiger charge is 2.14. The molecule has 1 heterocycles. The fraction of sp³-hybridized carbons (Fsp3) is 0.208. The van der Waals surface area contributed by atoms with E-state index in [1.807, 2.05) is 6.21 Å². The summed E-state index contributed by atoms with van der Waals surface area (Å²) in [5.74, 6) is 0. The van der Waals surface area contributed by atoms with Gasteiger partial charge in [-0.2, -0.15) is 0 Å². The average Bonchev–Trinajstić information content (AvgIpc) is 2.96. The van der Waals surface area contributed by atoms with E-state index in [-0.39, 0.29) is 12.4 Å². The van der Waals surface area contributed by atoms with Gasteiger partial charge >= 0.3 is 0 Å². The van der Waals surface area contributed by atoms with Gasteiger partial charge in [0.05, 0.1) is 12.2 Å². The molecule has 0 unspecified atom stereocenters. The molecular formula is C24H23ClN2. The first-order valence-corrected chi connectivity index (χ1v) is 9.50. The number of benzene rings is 3. The molecule has 136 valence electrons. The quantitative estimate of drug-likeness (QED) is 0.528. The lowest BCUT2D eigenvalue weighted by atomic mass is 9.86. The van der Waals surface area contributed by atoms with Gasteiger partial charge in [-0.1, -0.05) is 48.6 Å². The fourth-order valence-electron chi connectivity index (χ4n) is 4.25. The maximum atomic E-state index is 4.38. The van der Waals surface area contributed by atoms with E-state index >= 15 is 0 Å². The molecule has 0 fully saturated rings. The summed E-state index contributed by atoms with van der Waals surface area (Å²) >= 11 is 0. The lowest BCUT2D eigenvalue weighted by Gasteiger charge is -2.19. The number of halogens is 1. The van der Waals surface area contributed by atoms with E-state index in [9.17, 15) is 0 Å². The maximum Gasteiger partial charge on any atom is 0.0574 e. The van der Waals surface area contributed by atoms with Crippen LogP contribution in [0.5, 0.6) is 0 Å². The zero-order chi connectivity index (χ0) is 17.3. The van der Waals surface area contributed by atoms with Crippen molar-refractivity contribution in [1.82, 2.24) is 0 Å². The Hall–Kier alpha value is -2.58. The van der Waals surface area contributed by atoms with E-state index in [0.717, 1.165) is 17.9 Å². The van der Waals surface area contributed by atoms with Gasteiger partial charge in [0.25, 0.3) is 0 Å². The lowest BCUT2D eigenvalue weighted by molar-refractivity contribution is 0.690. The molecule has 0 radical (unpaired) electrons. The first kappa shape index (κ1) is 17.8. The molecular weight excluding hydrogens is 352 g/mol. The maximum absolute atomic E-state index is 4.38. The van der Waals surface area contributed by atoms with Crippen molar-refractivity contribution in [3.05, 3.63) is 77.5 Å². The first-order chi connectivity index (χ1) is 12.9.